The van der Waals surface area contributed by atoms with Crippen molar-refractivity contribution in [3.05, 3.63) is 29.8 Å². The van der Waals surface area contributed by atoms with Gasteiger partial charge in [0.05, 0.1) is 11.7 Å². The van der Waals surface area contributed by atoms with Crippen LogP contribution in [0.15, 0.2) is 18.3 Å². The lowest BCUT2D eigenvalue weighted by molar-refractivity contribution is 0.0693. The average Bonchev–Trinajstić information content (AvgIpc) is 2.92. The molecule has 2 aromatic rings. The summed E-state index contributed by atoms with van der Waals surface area (Å²) in [7, 11) is 2.03. The van der Waals surface area contributed by atoms with E-state index < -0.39 is 5.97 Å². The summed E-state index contributed by atoms with van der Waals surface area (Å²) in [5, 5.41) is 18.8. The topological polar surface area (TPSA) is 78.1 Å². The second-order valence-corrected chi connectivity index (χ2v) is 5.01. The zero-order valence-electron chi connectivity index (χ0n) is 10.6. The lowest BCUT2D eigenvalue weighted by atomic mass is 10.1. The highest BCUT2D eigenvalue weighted by Crippen LogP contribution is 2.28. The maximum atomic E-state index is 11.2. The molecule has 6 heteroatoms. The number of rotatable bonds is 2. The van der Waals surface area contributed by atoms with Gasteiger partial charge in [0.15, 0.2) is 5.69 Å². The van der Waals surface area contributed by atoms with E-state index in [1.165, 1.54) is 12.3 Å². The van der Waals surface area contributed by atoms with Crippen LogP contribution in [0.1, 0.15) is 28.7 Å². The van der Waals surface area contributed by atoms with Gasteiger partial charge < -0.3 is 15.1 Å². The number of fused-ring (bicyclic) bond motifs is 1. The molecule has 1 atom stereocenters. The standard InChI is InChI=1S/C13H15N3O3/c1-15-5-4-8(6-15)12-14-11(13(18)19)10-3-2-9(17)7-16(10)12/h2-3,7-8,17H,4-6H2,1H3,(H,18,19). The first-order valence-electron chi connectivity index (χ1n) is 6.19. The predicted octanol–water partition coefficient (Wildman–Crippen LogP) is 1.16. The second-order valence-electron chi connectivity index (χ2n) is 5.01. The van der Waals surface area contributed by atoms with Crippen molar-refractivity contribution < 1.29 is 15.0 Å². The van der Waals surface area contributed by atoms with E-state index >= 15 is 0 Å². The summed E-state index contributed by atoms with van der Waals surface area (Å²) in [6, 6.07) is 3.07. The Labute approximate surface area is 109 Å². The molecular formula is C13H15N3O3. The fraction of sp³-hybridized carbons (Fsp3) is 0.385. The number of carboxylic acids is 1. The van der Waals surface area contributed by atoms with Gasteiger partial charge in [-0.2, -0.15) is 0 Å². The van der Waals surface area contributed by atoms with Crippen molar-refractivity contribution in [2.24, 2.45) is 0 Å². The highest BCUT2D eigenvalue weighted by atomic mass is 16.4. The number of hydrogen-bond acceptors (Lipinski definition) is 4. The van der Waals surface area contributed by atoms with Crippen molar-refractivity contribution in [1.29, 1.82) is 0 Å². The van der Waals surface area contributed by atoms with Gasteiger partial charge in [0, 0.05) is 12.5 Å². The number of carbonyl (C=O) groups is 1. The maximum Gasteiger partial charge on any atom is 0.356 e. The summed E-state index contributed by atoms with van der Waals surface area (Å²) in [6.07, 6.45) is 2.48. The highest BCUT2D eigenvalue weighted by Gasteiger charge is 2.27. The fourth-order valence-corrected chi connectivity index (χ4v) is 2.69. The Morgan fingerprint density at radius 3 is 2.89 bits per heavy atom. The lowest BCUT2D eigenvalue weighted by Crippen LogP contribution is -2.14. The van der Waals surface area contributed by atoms with Crippen molar-refractivity contribution in [2.75, 3.05) is 20.1 Å². The molecule has 1 aliphatic rings. The molecule has 0 aliphatic carbocycles. The number of likely N-dealkylation sites (N-methyl/N-ethyl adjacent to an activating group) is 1. The van der Waals surface area contributed by atoms with E-state index in [-0.39, 0.29) is 17.4 Å². The van der Waals surface area contributed by atoms with Crippen LogP contribution in [-0.4, -0.2) is 50.6 Å². The van der Waals surface area contributed by atoms with Gasteiger partial charge in [-0.1, -0.05) is 0 Å². The third-order valence-corrected chi connectivity index (χ3v) is 3.61. The molecule has 0 bridgehead atoms. The van der Waals surface area contributed by atoms with Crippen LogP contribution in [0.2, 0.25) is 0 Å². The van der Waals surface area contributed by atoms with E-state index in [0.29, 0.717) is 11.3 Å². The zero-order valence-corrected chi connectivity index (χ0v) is 10.6. The van der Waals surface area contributed by atoms with E-state index in [9.17, 15) is 15.0 Å². The molecule has 0 radical (unpaired) electrons. The van der Waals surface area contributed by atoms with Crippen LogP contribution < -0.4 is 0 Å². The van der Waals surface area contributed by atoms with Crippen molar-refractivity contribution in [1.82, 2.24) is 14.3 Å². The van der Waals surface area contributed by atoms with Crippen LogP contribution in [-0.2, 0) is 0 Å². The molecule has 0 saturated carbocycles. The Morgan fingerprint density at radius 2 is 2.26 bits per heavy atom. The molecule has 2 aromatic heterocycles. The zero-order chi connectivity index (χ0) is 13.6. The number of aromatic hydroxyl groups is 1. The molecule has 1 unspecified atom stereocenters. The van der Waals surface area contributed by atoms with Gasteiger partial charge in [-0.05, 0) is 32.1 Å². The number of hydrogen-bond donors (Lipinski definition) is 2. The normalized spacial score (nSPS) is 20.2. The van der Waals surface area contributed by atoms with E-state index in [1.807, 2.05) is 7.05 Å². The third-order valence-electron chi connectivity index (χ3n) is 3.61. The molecule has 3 heterocycles. The lowest BCUT2D eigenvalue weighted by Gasteiger charge is -2.09. The number of imidazole rings is 1. The van der Waals surface area contributed by atoms with Crippen LogP contribution >= 0.6 is 0 Å². The van der Waals surface area contributed by atoms with E-state index in [1.54, 1.807) is 10.5 Å². The van der Waals surface area contributed by atoms with Crippen molar-refractivity contribution in [3.8, 4) is 5.75 Å². The maximum absolute atomic E-state index is 11.2. The smallest absolute Gasteiger partial charge is 0.356 e. The minimum atomic E-state index is -1.04. The quantitative estimate of drug-likeness (QED) is 0.848. The highest BCUT2D eigenvalue weighted by molar-refractivity contribution is 5.93. The first-order chi connectivity index (χ1) is 9.06. The number of aromatic nitrogens is 2. The van der Waals surface area contributed by atoms with Crippen molar-refractivity contribution >= 4 is 11.5 Å². The van der Waals surface area contributed by atoms with Crippen LogP contribution in [0.25, 0.3) is 5.52 Å². The molecule has 0 amide bonds. The number of aromatic carboxylic acids is 1. The van der Waals surface area contributed by atoms with Crippen molar-refractivity contribution in [2.45, 2.75) is 12.3 Å². The van der Waals surface area contributed by atoms with Crippen molar-refractivity contribution in [3.63, 3.8) is 0 Å². The van der Waals surface area contributed by atoms with Gasteiger partial charge in [0.1, 0.15) is 11.6 Å². The molecule has 6 nitrogen and oxygen atoms in total. The summed E-state index contributed by atoms with van der Waals surface area (Å²) < 4.78 is 1.70. The molecule has 0 spiro atoms. The largest absolute Gasteiger partial charge is 0.506 e. The number of carboxylic acid groups (broad SMARTS) is 1. The molecule has 0 aromatic carbocycles. The molecule has 1 saturated heterocycles. The Hall–Kier alpha value is -2.08. The molecule has 1 fully saturated rings. The molecule has 2 N–H and O–H groups in total. The molecular weight excluding hydrogens is 246 g/mol. The van der Waals surface area contributed by atoms with E-state index in [2.05, 4.69) is 9.88 Å². The molecule has 3 rings (SSSR count). The fourth-order valence-electron chi connectivity index (χ4n) is 2.69. The minimum Gasteiger partial charge on any atom is -0.506 e. The summed E-state index contributed by atoms with van der Waals surface area (Å²) in [6.45, 7) is 1.83. The van der Waals surface area contributed by atoms with Crippen LogP contribution in [0, 0.1) is 0 Å². The Balaban J connectivity index is 2.18. The van der Waals surface area contributed by atoms with Gasteiger partial charge in [0.25, 0.3) is 0 Å². The minimum absolute atomic E-state index is 0.0459. The summed E-state index contributed by atoms with van der Waals surface area (Å²) in [5.41, 5.74) is 0.569. The van der Waals surface area contributed by atoms with Gasteiger partial charge in [0.2, 0.25) is 0 Å². The molecule has 100 valence electrons. The number of nitrogens with zero attached hydrogens (tertiary/aromatic N) is 3. The average molecular weight is 261 g/mol. The molecule has 19 heavy (non-hydrogen) atoms. The Morgan fingerprint density at radius 1 is 1.47 bits per heavy atom. The van der Waals surface area contributed by atoms with Crippen LogP contribution in [0.4, 0.5) is 0 Å². The monoisotopic (exact) mass is 261 g/mol. The SMILES string of the molecule is CN1CCC(c2nc(C(=O)O)c3ccc(O)cn23)C1. The predicted molar refractivity (Wildman–Crippen MR) is 68.7 cm³/mol. The number of likely N-dealkylation sites (tertiary alicyclic amines) is 1. The van der Waals surface area contributed by atoms with E-state index in [4.69, 9.17) is 0 Å². The second kappa shape index (κ2) is 4.24. The summed E-state index contributed by atoms with van der Waals surface area (Å²) in [5.74, 6) is -0.0183. The van der Waals surface area contributed by atoms with Crippen LogP contribution in [0.5, 0.6) is 5.75 Å². The van der Waals surface area contributed by atoms with Gasteiger partial charge >= 0.3 is 5.97 Å². The van der Waals surface area contributed by atoms with Crippen LogP contribution in [0.3, 0.4) is 0 Å². The summed E-state index contributed by atoms with van der Waals surface area (Å²) >= 11 is 0. The van der Waals surface area contributed by atoms with E-state index in [0.717, 1.165) is 19.5 Å². The Bertz CT molecular complexity index is 650. The van der Waals surface area contributed by atoms with Gasteiger partial charge in [-0.15, -0.1) is 0 Å². The first kappa shape index (κ1) is 12.0. The molecule has 1 aliphatic heterocycles. The first-order valence-corrected chi connectivity index (χ1v) is 6.19. The van der Waals surface area contributed by atoms with Gasteiger partial charge in [-0.25, -0.2) is 9.78 Å². The summed E-state index contributed by atoms with van der Waals surface area (Å²) in [4.78, 5) is 17.7. The third kappa shape index (κ3) is 1.94. The Kier molecular flexibility index (Phi) is 2.67. The number of pyridine rings is 1. The van der Waals surface area contributed by atoms with Gasteiger partial charge in [-0.3, -0.25) is 4.40 Å².